The van der Waals surface area contributed by atoms with Gasteiger partial charge < -0.3 is 24.8 Å². The maximum atomic E-state index is 2.37. The monoisotopic (exact) mass is 480 g/mol. The van der Waals surface area contributed by atoms with Crippen LogP contribution in [0.15, 0.2) is 70.1 Å². The first-order valence-corrected chi connectivity index (χ1v) is 10.6. The van der Waals surface area contributed by atoms with Crippen LogP contribution >= 0.6 is 0 Å². The third-order valence-corrected chi connectivity index (χ3v) is 9.87. The van der Waals surface area contributed by atoms with Crippen molar-refractivity contribution >= 4 is 0 Å². The van der Waals surface area contributed by atoms with Crippen molar-refractivity contribution in [2.24, 2.45) is 0 Å². The molecule has 0 atom stereocenters. The van der Waals surface area contributed by atoms with E-state index in [9.17, 15) is 0 Å². The van der Waals surface area contributed by atoms with Gasteiger partial charge in [-0.05, 0) is 0 Å². The molecule has 0 aromatic heterocycles. The Bertz CT molecular complexity index is 658. The van der Waals surface area contributed by atoms with Gasteiger partial charge in [0.1, 0.15) is 0 Å². The Morgan fingerprint density at radius 2 is 1.38 bits per heavy atom. The van der Waals surface area contributed by atoms with Crippen molar-refractivity contribution in [1.82, 2.24) is 0 Å². The van der Waals surface area contributed by atoms with Gasteiger partial charge in [-0.2, -0.15) is 0 Å². The normalized spacial score (nSPS) is 14.4. The van der Waals surface area contributed by atoms with E-state index in [1.165, 1.54) is 17.5 Å². The molecule has 0 spiro atoms. The van der Waals surface area contributed by atoms with Crippen molar-refractivity contribution in [1.29, 1.82) is 0 Å². The van der Waals surface area contributed by atoms with Crippen LogP contribution in [0.2, 0.25) is 0 Å². The van der Waals surface area contributed by atoms with Gasteiger partial charge in [0.15, 0.2) is 0 Å². The Hall–Kier alpha value is -0.630. The summed E-state index contributed by atoms with van der Waals surface area (Å²) >= 11 is -0.818. The molecule has 0 nitrogen and oxygen atoms in total. The Balaban J connectivity index is 0.000000807. The second-order valence-corrected chi connectivity index (χ2v) is 10.5. The minimum Gasteiger partial charge on any atom is -1.00 e. The van der Waals surface area contributed by atoms with E-state index in [0.29, 0.717) is 0 Å². The summed E-state index contributed by atoms with van der Waals surface area (Å²) in [7, 11) is 0. The van der Waals surface area contributed by atoms with E-state index in [-0.39, 0.29) is 24.8 Å². The van der Waals surface area contributed by atoms with Crippen LogP contribution in [0.3, 0.4) is 0 Å². The quantitative estimate of drug-likeness (QED) is 0.470. The second kappa shape index (κ2) is 7.09. The molecule has 4 rings (SSSR count). The zero-order valence-electron chi connectivity index (χ0n) is 11.4. The molecule has 0 aliphatic heterocycles. The molecule has 104 valence electrons. The first kappa shape index (κ1) is 16.7. The molecular formula is C18H14Cl2Hf. The Morgan fingerprint density at radius 1 is 0.810 bits per heavy atom. The van der Waals surface area contributed by atoms with Crippen LogP contribution in [-0.4, -0.2) is 0 Å². The fourth-order valence-electron chi connectivity index (χ4n) is 3.05. The van der Waals surface area contributed by atoms with Crippen LogP contribution in [0.1, 0.15) is 21.2 Å². The summed E-state index contributed by atoms with van der Waals surface area (Å²) in [6.45, 7) is 0. The van der Waals surface area contributed by atoms with Gasteiger partial charge in [0.05, 0.1) is 0 Å². The van der Waals surface area contributed by atoms with Crippen molar-refractivity contribution in [3.8, 4) is 11.1 Å². The topological polar surface area (TPSA) is 0 Å². The van der Waals surface area contributed by atoms with Gasteiger partial charge in [0, 0.05) is 0 Å². The first-order valence-electron chi connectivity index (χ1n) is 6.74. The van der Waals surface area contributed by atoms with Gasteiger partial charge in [-0.25, -0.2) is 0 Å². The summed E-state index contributed by atoms with van der Waals surface area (Å²) in [4.78, 5) is 0. The summed E-state index contributed by atoms with van der Waals surface area (Å²) in [5.41, 5.74) is 6.11. The summed E-state index contributed by atoms with van der Waals surface area (Å²) in [5.74, 6) is 0. The number of hydrogen-bond acceptors (Lipinski definition) is 0. The van der Waals surface area contributed by atoms with E-state index in [1.54, 1.807) is 14.5 Å². The largest absolute Gasteiger partial charge is 1.00 e. The SMILES string of the molecule is C1=CC[C]([Hf+2][CH]2c3ccccc3-c3ccccc32)=C1.[Cl-].[Cl-]. The van der Waals surface area contributed by atoms with E-state index >= 15 is 0 Å². The van der Waals surface area contributed by atoms with Crippen LogP contribution < -0.4 is 24.8 Å². The third kappa shape index (κ3) is 2.97. The minimum atomic E-state index is -0.818. The molecule has 0 unspecified atom stereocenters. The molecule has 0 amide bonds. The first-order chi connectivity index (χ1) is 9.43. The molecule has 3 heteroatoms. The second-order valence-electron chi connectivity index (χ2n) is 5.08. The Labute approximate surface area is 149 Å². The molecule has 0 fully saturated rings. The van der Waals surface area contributed by atoms with Gasteiger partial charge in [0.2, 0.25) is 0 Å². The van der Waals surface area contributed by atoms with Crippen molar-refractivity contribution < 1.29 is 47.7 Å². The molecule has 0 saturated heterocycles. The Morgan fingerprint density at radius 3 is 1.90 bits per heavy atom. The summed E-state index contributed by atoms with van der Waals surface area (Å²) in [5, 5.41) is 0. The predicted octanol–water partition coefficient (Wildman–Crippen LogP) is -1.31. The fraction of sp³-hybridized carbons (Fsp3) is 0.111. The van der Waals surface area contributed by atoms with Gasteiger partial charge in [-0.15, -0.1) is 0 Å². The number of halogens is 2. The number of fused-ring (bicyclic) bond motifs is 3. The van der Waals surface area contributed by atoms with Crippen LogP contribution in [0.5, 0.6) is 0 Å². The number of benzene rings is 2. The van der Waals surface area contributed by atoms with Gasteiger partial charge in [0.25, 0.3) is 0 Å². The average molecular weight is 480 g/mol. The number of rotatable bonds is 2. The van der Waals surface area contributed by atoms with E-state index in [4.69, 9.17) is 0 Å². The Kier molecular flexibility index (Phi) is 5.65. The zero-order valence-corrected chi connectivity index (χ0v) is 16.5. The third-order valence-electron chi connectivity index (χ3n) is 3.93. The van der Waals surface area contributed by atoms with Crippen molar-refractivity contribution in [3.05, 3.63) is 81.2 Å². The van der Waals surface area contributed by atoms with Crippen molar-refractivity contribution in [3.63, 3.8) is 0 Å². The summed E-state index contributed by atoms with van der Waals surface area (Å²) < 4.78 is 2.48. The molecule has 0 heterocycles. The molecule has 21 heavy (non-hydrogen) atoms. The van der Waals surface area contributed by atoms with Crippen LogP contribution in [0, 0.1) is 0 Å². The van der Waals surface area contributed by atoms with Crippen molar-refractivity contribution in [2.45, 2.75) is 10.1 Å². The molecule has 0 bridgehead atoms. The standard InChI is InChI=1S/C13H9.C5H5.2ClH.Hf/c1-3-7-12-10(5-1)9-11-6-2-4-8-13(11)12;1-2-4-5-3-1;;;/h1-9H;1-3H,4H2;2*1H;/q;;;;+2/p-2. The number of hydrogen-bond donors (Lipinski definition) is 0. The molecular weight excluding hydrogens is 466 g/mol. The molecule has 2 aliphatic rings. The van der Waals surface area contributed by atoms with Crippen LogP contribution in [0.4, 0.5) is 0 Å². The molecule has 0 N–H and O–H groups in total. The smallest absolute Gasteiger partial charge is 1.00 e. The summed E-state index contributed by atoms with van der Waals surface area (Å²) in [6.07, 6.45) is 8.11. The number of allylic oxidation sites excluding steroid dienone is 4. The molecule has 0 radical (unpaired) electrons. The van der Waals surface area contributed by atoms with Gasteiger partial charge in [-0.1, -0.05) is 0 Å². The van der Waals surface area contributed by atoms with Crippen molar-refractivity contribution in [2.75, 3.05) is 0 Å². The van der Waals surface area contributed by atoms with E-state index < -0.39 is 22.9 Å². The molecule has 2 aromatic carbocycles. The van der Waals surface area contributed by atoms with Gasteiger partial charge >= 0.3 is 125 Å². The van der Waals surface area contributed by atoms with E-state index in [2.05, 4.69) is 66.8 Å². The molecule has 0 saturated carbocycles. The van der Waals surface area contributed by atoms with Gasteiger partial charge in [-0.3, -0.25) is 0 Å². The predicted molar refractivity (Wildman–Crippen MR) is 75.6 cm³/mol. The molecule has 2 aromatic rings. The molecule has 2 aliphatic carbocycles. The zero-order chi connectivity index (χ0) is 12.7. The van der Waals surface area contributed by atoms with Crippen LogP contribution in [-0.2, 0) is 22.9 Å². The minimum absolute atomic E-state index is 0. The maximum Gasteiger partial charge on any atom is -1.00 e. The van der Waals surface area contributed by atoms with Crippen LogP contribution in [0.25, 0.3) is 11.1 Å². The van der Waals surface area contributed by atoms with E-state index in [0.717, 1.165) is 3.67 Å². The fourth-order valence-corrected chi connectivity index (χ4v) is 8.85. The maximum absolute atomic E-state index is 2.37. The van der Waals surface area contributed by atoms with E-state index in [1.807, 2.05) is 0 Å². The summed E-state index contributed by atoms with van der Waals surface area (Å²) in [6, 6.07) is 18.0. The average Bonchev–Trinajstić information content (AvgIpc) is 3.08.